The molecule has 118 valence electrons. The highest BCUT2D eigenvalue weighted by molar-refractivity contribution is 6.33. The van der Waals surface area contributed by atoms with E-state index in [9.17, 15) is 19.8 Å². The van der Waals surface area contributed by atoms with Crippen LogP contribution in [0.25, 0.3) is 0 Å². The first-order valence-corrected chi connectivity index (χ1v) is 7.45. The molecule has 0 bridgehead atoms. The minimum Gasteiger partial charge on any atom is -0.507 e. The number of benzene rings is 1. The molecule has 0 radical (unpaired) electrons. The summed E-state index contributed by atoms with van der Waals surface area (Å²) in [5, 5.41) is 19.5. The maximum Gasteiger partial charge on any atom is 0.342 e. The number of carbonyl (C=O) groups is 2. The Bertz CT molecular complexity index is 621. The summed E-state index contributed by atoms with van der Waals surface area (Å²) in [6.07, 6.45) is 6.07. The number of esters is 1. The molecular weight excluding hydrogens is 308 g/mol. The third-order valence-corrected chi connectivity index (χ3v) is 3.83. The molecule has 0 aliphatic carbocycles. The number of halogens is 1. The predicted molar refractivity (Wildman–Crippen MR) is 81.4 cm³/mol. The highest BCUT2D eigenvalue weighted by Crippen LogP contribution is 2.37. The Morgan fingerprint density at radius 2 is 1.82 bits per heavy atom. The first kappa shape index (κ1) is 16.4. The Kier molecular flexibility index (Phi) is 5.44. The van der Waals surface area contributed by atoms with Crippen molar-refractivity contribution >= 4 is 23.4 Å². The zero-order valence-electron chi connectivity index (χ0n) is 12.0. The van der Waals surface area contributed by atoms with Gasteiger partial charge in [-0.15, -0.1) is 0 Å². The fourth-order valence-corrected chi connectivity index (χ4v) is 2.52. The van der Waals surface area contributed by atoms with Gasteiger partial charge in [-0.25, -0.2) is 4.79 Å². The lowest BCUT2D eigenvalue weighted by Crippen LogP contribution is -2.13. The molecule has 0 spiro atoms. The molecule has 0 fully saturated rings. The van der Waals surface area contributed by atoms with Crippen LogP contribution in [0, 0.1) is 0 Å². The molecule has 22 heavy (non-hydrogen) atoms. The van der Waals surface area contributed by atoms with Crippen LogP contribution in [-0.2, 0) is 16.0 Å². The molecule has 0 aromatic heterocycles. The van der Waals surface area contributed by atoms with Crippen molar-refractivity contribution in [3.63, 3.8) is 0 Å². The van der Waals surface area contributed by atoms with Crippen LogP contribution in [0.3, 0.4) is 0 Å². The van der Waals surface area contributed by atoms with Gasteiger partial charge < -0.3 is 14.9 Å². The first-order valence-electron chi connectivity index (χ1n) is 7.08. The van der Waals surface area contributed by atoms with E-state index in [1.165, 1.54) is 0 Å². The number of hydrogen-bond donors (Lipinski definition) is 2. The summed E-state index contributed by atoms with van der Waals surface area (Å²) >= 11 is 6.01. The summed E-state index contributed by atoms with van der Waals surface area (Å²) in [5.41, 5.74) is -0.0410. The van der Waals surface area contributed by atoms with Crippen molar-refractivity contribution in [2.45, 2.75) is 32.1 Å². The number of ketones is 1. The molecule has 0 atom stereocenters. The predicted octanol–water partition coefficient (Wildman–Crippen LogP) is 3.15. The van der Waals surface area contributed by atoms with Crippen LogP contribution in [0.5, 0.6) is 11.5 Å². The van der Waals surface area contributed by atoms with Gasteiger partial charge in [-0.1, -0.05) is 23.8 Å². The molecule has 1 aliphatic heterocycles. The van der Waals surface area contributed by atoms with Crippen molar-refractivity contribution in [3.8, 4) is 11.5 Å². The minimum absolute atomic E-state index is 0.105. The Balaban J connectivity index is 2.43. The van der Waals surface area contributed by atoms with Crippen molar-refractivity contribution in [1.29, 1.82) is 0 Å². The van der Waals surface area contributed by atoms with Crippen molar-refractivity contribution in [3.05, 3.63) is 34.4 Å². The number of allylic oxidation sites excluding steroid dienone is 1. The second-order valence-corrected chi connectivity index (χ2v) is 5.46. The number of rotatable bonds is 0. The molecule has 1 aromatic rings. The molecule has 2 N–H and O–H groups in total. The Hall–Kier alpha value is -2.01. The minimum atomic E-state index is -0.755. The fourth-order valence-electron chi connectivity index (χ4n) is 2.31. The van der Waals surface area contributed by atoms with E-state index >= 15 is 0 Å². The third-order valence-electron chi connectivity index (χ3n) is 3.41. The molecule has 6 heteroatoms. The standard InChI is InChI=1S/C16H17ClO5/c17-15-11-8-10(18)6-4-2-1-3-5-7-22-16(21)14(11)12(19)9-13(15)20/h1,3,9,19-20H,2,4-8H2. The van der Waals surface area contributed by atoms with Gasteiger partial charge in [0.1, 0.15) is 22.8 Å². The Morgan fingerprint density at radius 3 is 2.59 bits per heavy atom. The van der Waals surface area contributed by atoms with Gasteiger partial charge in [0.05, 0.1) is 11.6 Å². The monoisotopic (exact) mass is 324 g/mol. The van der Waals surface area contributed by atoms with Gasteiger partial charge in [0, 0.05) is 24.5 Å². The molecule has 1 aromatic carbocycles. The molecule has 1 aliphatic rings. The second-order valence-electron chi connectivity index (χ2n) is 5.09. The SMILES string of the molecule is O=C1CCCC=CCCOC(=O)c2c(O)cc(O)c(Cl)c2C1. The number of phenols is 2. The number of carbonyl (C=O) groups excluding carboxylic acids is 2. The average Bonchev–Trinajstić information content (AvgIpc) is 2.47. The second kappa shape index (κ2) is 7.31. The molecule has 0 saturated carbocycles. The smallest absolute Gasteiger partial charge is 0.342 e. The van der Waals surface area contributed by atoms with E-state index in [-0.39, 0.29) is 40.7 Å². The molecule has 1 heterocycles. The number of hydrogen-bond acceptors (Lipinski definition) is 5. The van der Waals surface area contributed by atoms with E-state index in [4.69, 9.17) is 16.3 Å². The molecular formula is C16H17ClO5. The van der Waals surface area contributed by atoms with Crippen LogP contribution >= 0.6 is 11.6 Å². The number of fused-ring (bicyclic) bond motifs is 1. The normalized spacial score (nSPS) is 17.0. The number of cyclic esters (lactones) is 1. The summed E-state index contributed by atoms with van der Waals surface area (Å²) in [6, 6.07) is 0.977. The largest absolute Gasteiger partial charge is 0.507 e. The van der Waals surface area contributed by atoms with Crippen LogP contribution in [0.15, 0.2) is 18.2 Å². The summed E-state index contributed by atoms with van der Waals surface area (Å²) in [6.45, 7) is 0.167. The Labute approximate surface area is 133 Å². The number of Topliss-reactive ketones (excluding diaryl/α,β-unsaturated/α-hetero) is 1. The average molecular weight is 325 g/mol. The van der Waals surface area contributed by atoms with Crippen LogP contribution < -0.4 is 0 Å². The zero-order chi connectivity index (χ0) is 16.1. The van der Waals surface area contributed by atoms with E-state index in [2.05, 4.69) is 0 Å². The van der Waals surface area contributed by atoms with Crippen LogP contribution in [-0.4, -0.2) is 28.6 Å². The van der Waals surface area contributed by atoms with E-state index in [0.717, 1.165) is 12.5 Å². The van der Waals surface area contributed by atoms with Gasteiger partial charge >= 0.3 is 5.97 Å². The van der Waals surface area contributed by atoms with Gasteiger partial charge in [-0.2, -0.15) is 0 Å². The van der Waals surface area contributed by atoms with Crippen LogP contribution in [0.1, 0.15) is 41.6 Å². The number of phenolic OH excluding ortho intramolecular Hbond substituents is 2. The van der Waals surface area contributed by atoms with Crippen LogP contribution in [0.4, 0.5) is 0 Å². The van der Waals surface area contributed by atoms with Gasteiger partial charge in [-0.05, 0) is 19.3 Å². The van der Waals surface area contributed by atoms with E-state index in [1.807, 2.05) is 12.2 Å². The zero-order valence-corrected chi connectivity index (χ0v) is 12.7. The lowest BCUT2D eigenvalue weighted by Gasteiger charge is -2.13. The van der Waals surface area contributed by atoms with E-state index in [1.54, 1.807) is 0 Å². The molecule has 0 amide bonds. The highest BCUT2D eigenvalue weighted by atomic mass is 35.5. The van der Waals surface area contributed by atoms with E-state index in [0.29, 0.717) is 19.3 Å². The highest BCUT2D eigenvalue weighted by Gasteiger charge is 2.24. The van der Waals surface area contributed by atoms with Crippen molar-refractivity contribution < 1.29 is 24.5 Å². The fraction of sp³-hybridized carbons (Fsp3) is 0.375. The molecule has 0 unspecified atom stereocenters. The van der Waals surface area contributed by atoms with E-state index < -0.39 is 11.7 Å². The van der Waals surface area contributed by atoms with Crippen molar-refractivity contribution in [2.75, 3.05) is 6.61 Å². The van der Waals surface area contributed by atoms with Gasteiger partial charge in [0.25, 0.3) is 0 Å². The Morgan fingerprint density at radius 1 is 1.09 bits per heavy atom. The first-order chi connectivity index (χ1) is 10.5. The quantitative estimate of drug-likeness (QED) is 0.565. The van der Waals surface area contributed by atoms with Crippen LogP contribution in [0.2, 0.25) is 5.02 Å². The topological polar surface area (TPSA) is 83.8 Å². The molecule has 5 nitrogen and oxygen atoms in total. The number of ether oxygens (including phenoxy) is 1. The van der Waals surface area contributed by atoms with Crippen molar-refractivity contribution in [1.82, 2.24) is 0 Å². The number of aromatic hydroxyl groups is 2. The summed E-state index contributed by atoms with van der Waals surface area (Å²) < 4.78 is 5.09. The molecule has 2 rings (SSSR count). The maximum absolute atomic E-state index is 12.1. The van der Waals surface area contributed by atoms with Gasteiger partial charge in [0.15, 0.2) is 0 Å². The summed E-state index contributed by atoms with van der Waals surface area (Å²) in [5.74, 6) is -1.69. The summed E-state index contributed by atoms with van der Waals surface area (Å²) in [4.78, 5) is 24.2. The maximum atomic E-state index is 12.1. The third kappa shape index (κ3) is 3.80. The molecule has 0 saturated heterocycles. The summed E-state index contributed by atoms with van der Waals surface area (Å²) in [7, 11) is 0. The lowest BCUT2D eigenvalue weighted by atomic mass is 9.98. The van der Waals surface area contributed by atoms with Gasteiger partial charge in [-0.3, -0.25) is 4.79 Å². The lowest BCUT2D eigenvalue weighted by molar-refractivity contribution is -0.118. The van der Waals surface area contributed by atoms with Crippen molar-refractivity contribution in [2.24, 2.45) is 0 Å². The van der Waals surface area contributed by atoms with Gasteiger partial charge in [0.2, 0.25) is 0 Å².